The van der Waals surface area contributed by atoms with Crippen LogP contribution in [0, 0.1) is 5.92 Å². The van der Waals surface area contributed by atoms with Gasteiger partial charge in [-0.2, -0.15) is 5.10 Å². The monoisotopic (exact) mass is 299 g/mol. The van der Waals surface area contributed by atoms with Crippen LogP contribution >= 0.6 is 0 Å². The van der Waals surface area contributed by atoms with Gasteiger partial charge >= 0.3 is 0 Å². The van der Waals surface area contributed by atoms with Gasteiger partial charge in [-0.1, -0.05) is 0 Å². The molecule has 1 aliphatic heterocycles. The highest BCUT2D eigenvalue weighted by Crippen LogP contribution is 2.21. The molecule has 3 heterocycles. The second-order valence-corrected chi connectivity index (χ2v) is 5.98. The molecule has 116 valence electrons. The molecule has 1 saturated heterocycles. The molecule has 1 fully saturated rings. The van der Waals surface area contributed by atoms with Gasteiger partial charge in [0.1, 0.15) is 5.69 Å². The minimum atomic E-state index is 0.169. The molecule has 0 N–H and O–H groups in total. The lowest BCUT2D eigenvalue weighted by Crippen LogP contribution is -2.39. The summed E-state index contributed by atoms with van der Waals surface area (Å²) < 4.78 is 1.93. The molecule has 0 unspecified atom stereocenters. The van der Waals surface area contributed by atoms with Gasteiger partial charge in [0, 0.05) is 27.1 Å². The predicted molar refractivity (Wildman–Crippen MR) is 82.9 cm³/mol. The van der Waals surface area contributed by atoms with Crippen LogP contribution in [0.1, 0.15) is 25.5 Å². The molecule has 6 heteroatoms. The maximum Gasteiger partial charge on any atom is 0.219 e. The van der Waals surface area contributed by atoms with E-state index in [0.717, 1.165) is 49.4 Å². The number of carbonyl (C=O) groups excluding carboxylic acids is 1. The van der Waals surface area contributed by atoms with Crippen molar-refractivity contribution in [2.75, 3.05) is 13.1 Å². The van der Waals surface area contributed by atoms with E-state index in [-0.39, 0.29) is 5.91 Å². The third-order valence-electron chi connectivity index (χ3n) is 4.26. The Hall–Kier alpha value is -2.24. The SMILES string of the molecule is CC(=O)N1CCC[C@@H](Cc2ccc(-c3cncn3C)nn2)C1. The van der Waals surface area contributed by atoms with E-state index in [4.69, 9.17) is 0 Å². The highest BCUT2D eigenvalue weighted by Gasteiger charge is 2.22. The number of rotatable bonds is 3. The van der Waals surface area contributed by atoms with E-state index >= 15 is 0 Å². The summed E-state index contributed by atoms with van der Waals surface area (Å²) in [6.07, 6.45) is 6.64. The van der Waals surface area contributed by atoms with Crippen molar-refractivity contribution in [2.45, 2.75) is 26.2 Å². The molecule has 0 bridgehead atoms. The van der Waals surface area contributed by atoms with Gasteiger partial charge < -0.3 is 9.47 Å². The average molecular weight is 299 g/mol. The summed E-state index contributed by atoms with van der Waals surface area (Å²) in [7, 11) is 1.94. The van der Waals surface area contributed by atoms with Gasteiger partial charge in [0.15, 0.2) is 0 Å². The van der Waals surface area contributed by atoms with E-state index in [2.05, 4.69) is 15.2 Å². The van der Waals surface area contributed by atoms with E-state index in [0.29, 0.717) is 5.92 Å². The van der Waals surface area contributed by atoms with Crippen LogP contribution in [-0.4, -0.2) is 43.6 Å². The van der Waals surface area contributed by atoms with Crippen LogP contribution in [0.5, 0.6) is 0 Å². The lowest BCUT2D eigenvalue weighted by Gasteiger charge is -2.31. The van der Waals surface area contributed by atoms with E-state index < -0.39 is 0 Å². The summed E-state index contributed by atoms with van der Waals surface area (Å²) in [6.45, 7) is 3.36. The zero-order chi connectivity index (χ0) is 15.5. The second kappa shape index (κ2) is 6.25. The lowest BCUT2D eigenvalue weighted by molar-refractivity contribution is -0.130. The molecule has 0 aliphatic carbocycles. The van der Waals surface area contributed by atoms with Crippen molar-refractivity contribution in [3.63, 3.8) is 0 Å². The average Bonchev–Trinajstić information content (AvgIpc) is 2.94. The molecule has 1 atom stereocenters. The maximum atomic E-state index is 11.5. The standard InChI is InChI=1S/C16H21N5O/c1-12(22)21-7-3-4-13(10-21)8-14-5-6-15(19-18-14)16-9-17-11-20(16)2/h5-6,9,11,13H,3-4,7-8,10H2,1-2H3/t13-/m0/s1. The van der Waals surface area contributed by atoms with E-state index in [1.54, 1.807) is 19.4 Å². The van der Waals surface area contributed by atoms with Gasteiger partial charge in [-0.3, -0.25) is 4.79 Å². The Bertz CT molecular complexity index is 649. The van der Waals surface area contributed by atoms with Gasteiger partial charge in [-0.15, -0.1) is 5.10 Å². The van der Waals surface area contributed by atoms with Crippen LogP contribution in [0.3, 0.4) is 0 Å². The first-order valence-corrected chi connectivity index (χ1v) is 7.68. The summed E-state index contributed by atoms with van der Waals surface area (Å²) >= 11 is 0. The number of hydrogen-bond donors (Lipinski definition) is 0. The summed E-state index contributed by atoms with van der Waals surface area (Å²) in [4.78, 5) is 17.5. The Morgan fingerprint density at radius 2 is 2.23 bits per heavy atom. The predicted octanol–water partition coefficient (Wildman–Crippen LogP) is 1.68. The van der Waals surface area contributed by atoms with Crippen LogP contribution in [0.2, 0.25) is 0 Å². The van der Waals surface area contributed by atoms with Gasteiger partial charge in [-0.25, -0.2) is 4.98 Å². The number of imidazole rings is 1. The van der Waals surface area contributed by atoms with Crippen molar-refractivity contribution in [1.29, 1.82) is 0 Å². The molecule has 2 aromatic heterocycles. The Kier molecular flexibility index (Phi) is 4.18. The molecule has 6 nitrogen and oxygen atoms in total. The van der Waals surface area contributed by atoms with Gasteiger partial charge in [0.25, 0.3) is 0 Å². The van der Waals surface area contributed by atoms with Crippen LogP contribution in [0.15, 0.2) is 24.7 Å². The summed E-state index contributed by atoms with van der Waals surface area (Å²) in [5.74, 6) is 0.650. The summed E-state index contributed by atoms with van der Waals surface area (Å²) in [5.41, 5.74) is 2.78. The zero-order valence-corrected chi connectivity index (χ0v) is 13.1. The fourth-order valence-corrected chi connectivity index (χ4v) is 3.02. The first-order valence-electron chi connectivity index (χ1n) is 7.68. The van der Waals surface area contributed by atoms with Crippen molar-refractivity contribution in [3.8, 4) is 11.4 Å². The van der Waals surface area contributed by atoms with Crippen LogP contribution in [0.4, 0.5) is 0 Å². The number of amides is 1. The van der Waals surface area contributed by atoms with Crippen LogP contribution in [-0.2, 0) is 18.3 Å². The third kappa shape index (κ3) is 3.16. The number of nitrogens with zero attached hydrogens (tertiary/aromatic N) is 5. The number of likely N-dealkylation sites (tertiary alicyclic amines) is 1. The first kappa shape index (κ1) is 14.7. The van der Waals surface area contributed by atoms with Gasteiger partial charge in [-0.05, 0) is 37.3 Å². The number of carbonyl (C=O) groups is 1. The molecule has 3 rings (SSSR count). The Labute approximate surface area is 130 Å². The first-order chi connectivity index (χ1) is 10.6. The van der Waals surface area contributed by atoms with Crippen LogP contribution in [0.25, 0.3) is 11.4 Å². The highest BCUT2D eigenvalue weighted by atomic mass is 16.2. The Balaban J connectivity index is 1.66. The molecule has 0 saturated carbocycles. The Morgan fingerprint density at radius 1 is 1.36 bits per heavy atom. The minimum Gasteiger partial charge on any atom is -0.343 e. The van der Waals surface area contributed by atoms with Gasteiger partial charge in [0.05, 0.1) is 23.9 Å². The van der Waals surface area contributed by atoms with E-state index in [1.807, 2.05) is 28.6 Å². The maximum absolute atomic E-state index is 11.5. The fourth-order valence-electron chi connectivity index (χ4n) is 3.02. The molecule has 0 aromatic carbocycles. The third-order valence-corrected chi connectivity index (χ3v) is 4.26. The normalized spacial score (nSPS) is 18.5. The lowest BCUT2D eigenvalue weighted by atomic mass is 9.93. The fraction of sp³-hybridized carbons (Fsp3) is 0.500. The summed E-state index contributed by atoms with van der Waals surface area (Å²) in [6, 6.07) is 4.02. The van der Waals surface area contributed by atoms with Crippen molar-refractivity contribution >= 4 is 5.91 Å². The molecule has 0 radical (unpaired) electrons. The molecule has 2 aromatic rings. The zero-order valence-electron chi connectivity index (χ0n) is 13.1. The van der Waals surface area contributed by atoms with Crippen LogP contribution < -0.4 is 0 Å². The quantitative estimate of drug-likeness (QED) is 0.865. The van der Waals surface area contributed by atoms with Crippen molar-refractivity contribution in [2.24, 2.45) is 13.0 Å². The van der Waals surface area contributed by atoms with Crippen molar-refractivity contribution < 1.29 is 4.79 Å². The van der Waals surface area contributed by atoms with E-state index in [1.165, 1.54) is 0 Å². The molecular weight excluding hydrogens is 278 g/mol. The van der Waals surface area contributed by atoms with E-state index in [9.17, 15) is 4.79 Å². The minimum absolute atomic E-state index is 0.169. The summed E-state index contributed by atoms with van der Waals surface area (Å²) in [5, 5.41) is 8.66. The molecule has 1 aliphatic rings. The largest absolute Gasteiger partial charge is 0.343 e. The number of aryl methyl sites for hydroxylation is 1. The highest BCUT2D eigenvalue weighted by molar-refractivity contribution is 5.73. The molecular formula is C16H21N5O. The molecule has 22 heavy (non-hydrogen) atoms. The topological polar surface area (TPSA) is 63.9 Å². The number of piperidine rings is 1. The van der Waals surface area contributed by atoms with Crippen molar-refractivity contribution in [3.05, 3.63) is 30.4 Å². The van der Waals surface area contributed by atoms with Crippen molar-refractivity contribution in [1.82, 2.24) is 24.6 Å². The van der Waals surface area contributed by atoms with Gasteiger partial charge in [0.2, 0.25) is 5.91 Å². The second-order valence-electron chi connectivity index (χ2n) is 5.98. The number of hydrogen-bond acceptors (Lipinski definition) is 4. The smallest absolute Gasteiger partial charge is 0.219 e. The molecule has 0 spiro atoms. The molecule has 1 amide bonds. The number of aromatic nitrogens is 4. The Morgan fingerprint density at radius 3 is 2.86 bits per heavy atom.